The quantitative estimate of drug-likeness (QED) is 0.488. The molecule has 0 radical (unpaired) electrons. The van der Waals surface area contributed by atoms with E-state index < -0.39 is 0 Å². The van der Waals surface area contributed by atoms with Crippen LogP contribution in [0, 0.1) is 11.8 Å². The zero-order valence-electron chi connectivity index (χ0n) is 13.9. The predicted molar refractivity (Wildman–Crippen MR) is 96.4 cm³/mol. The fraction of sp³-hybridized carbons (Fsp3) is 0.900. The summed E-state index contributed by atoms with van der Waals surface area (Å²) in [5.41, 5.74) is 3.01. The van der Waals surface area contributed by atoms with Gasteiger partial charge in [0, 0.05) is 0 Å². The standard InChI is InChI=1S/C20H35P/c1-4-10-17(11-5-1)20(18-12-6-2-7-13-18)16-21-19-14-8-3-9-15-19/h16-19,21H,1-15H2. The summed E-state index contributed by atoms with van der Waals surface area (Å²) < 4.78 is 0. The lowest BCUT2D eigenvalue weighted by Crippen LogP contribution is -2.18. The van der Waals surface area contributed by atoms with E-state index in [1.165, 1.54) is 96.3 Å². The molecule has 0 heterocycles. The van der Waals surface area contributed by atoms with Crippen LogP contribution in [0.4, 0.5) is 0 Å². The van der Waals surface area contributed by atoms with Gasteiger partial charge < -0.3 is 0 Å². The first-order valence-electron chi connectivity index (χ1n) is 9.89. The normalized spacial score (nSPS) is 27.2. The Balaban J connectivity index is 1.64. The van der Waals surface area contributed by atoms with Gasteiger partial charge in [-0.25, -0.2) is 0 Å². The second kappa shape index (κ2) is 8.71. The molecule has 0 aromatic rings. The molecule has 0 nitrogen and oxygen atoms in total. The van der Waals surface area contributed by atoms with Crippen molar-refractivity contribution in [2.24, 2.45) is 11.8 Å². The Kier molecular flexibility index (Phi) is 6.65. The largest absolute Gasteiger partial charge is 0.0952 e. The van der Waals surface area contributed by atoms with Gasteiger partial charge in [0.05, 0.1) is 0 Å². The zero-order valence-corrected chi connectivity index (χ0v) is 14.9. The van der Waals surface area contributed by atoms with E-state index in [9.17, 15) is 0 Å². The van der Waals surface area contributed by atoms with E-state index in [1.54, 1.807) is 0 Å². The van der Waals surface area contributed by atoms with E-state index in [4.69, 9.17) is 0 Å². The molecule has 0 aromatic heterocycles. The smallest absolute Gasteiger partial charge is 0.0197 e. The van der Waals surface area contributed by atoms with E-state index in [-0.39, 0.29) is 0 Å². The summed E-state index contributed by atoms with van der Waals surface area (Å²) in [6.07, 6.45) is 22.6. The van der Waals surface area contributed by atoms with Crippen molar-refractivity contribution in [2.45, 2.75) is 102 Å². The van der Waals surface area contributed by atoms with Gasteiger partial charge >= 0.3 is 0 Å². The Hall–Kier alpha value is 0.170. The van der Waals surface area contributed by atoms with Crippen LogP contribution in [-0.2, 0) is 0 Å². The average molecular weight is 306 g/mol. The minimum atomic E-state index is 0.984. The van der Waals surface area contributed by atoms with Crippen molar-refractivity contribution in [3.63, 3.8) is 0 Å². The second-order valence-electron chi connectivity index (χ2n) is 7.82. The van der Waals surface area contributed by atoms with Crippen molar-refractivity contribution >= 4 is 8.58 Å². The highest BCUT2D eigenvalue weighted by Crippen LogP contribution is 2.43. The van der Waals surface area contributed by atoms with Gasteiger partial charge in [0.15, 0.2) is 0 Å². The van der Waals surface area contributed by atoms with Crippen LogP contribution in [0.15, 0.2) is 11.4 Å². The van der Waals surface area contributed by atoms with Crippen LogP contribution >= 0.6 is 8.58 Å². The monoisotopic (exact) mass is 306 g/mol. The van der Waals surface area contributed by atoms with Crippen LogP contribution in [0.3, 0.4) is 0 Å². The number of rotatable bonds is 4. The molecule has 120 valence electrons. The molecule has 3 fully saturated rings. The van der Waals surface area contributed by atoms with Crippen molar-refractivity contribution in [3.8, 4) is 0 Å². The number of allylic oxidation sites excluding steroid dienone is 1. The van der Waals surface area contributed by atoms with Gasteiger partial charge in [0.2, 0.25) is 0 Å². The van der Waals surface area contributed by atoms with Crippen molar-refractivity contribution in [3.05, 3.63) is 11.4 Å². The summed E-state index contributed by atoms with van der Waals surface area (Å²) in [6, 6.07) is 0. The van der Waals surface area contributed by atoms with Crippen LogP contribution < -0.4 is 0 Å². The molecule has 3 rings (SSSR count). The highest BCUT2D eigenvalue weighted by molar-refractivity contribution is 7.42. The van der Waals surface area contributed by atoms with Crippen molar-refractivity contribution in [2.75, 3.05) is 0 Å². The topological polar surface area (TPSA) is 0 Å². The van der Waals surface area contributed by atoms with Crippen molar-refractivity contribution in [1.29, 1.82) is 0 Å². The summed E-state index contributed by atoms with van der Waals surface area (Å²) in [5, 5.41) is 0. The van der Waals surface area contributed by atoms with Gasteiger partial charge in [-0.2, -0.15) is 0 Å². The Morgan fingerprint density at radius 1 is 0.571 bits per heavy atom. The molecule has 0 N–H and O–H groups in total. The van der Waals surface area contributed by atoms with E-state index in [1.807, 2.05) is 5.57 Å². The third-order valence-corrected chi connectivity index (χ3v) is 7.79. The first-order valence-corrected chi connectivity index (χ1v) is 11.0. The van der Waals surface area contributed by atoms with Gasteiger partial charge in [0.1, 0.15) is 0 Å². The molecule has 1 atom stereocenters. The van der Waals surface area contributed by atoms with Crippen LogP contribution in [0.2, 0.25) is 0 Å². The predicted octanol–water partition coefficient (Wildman–Crippen LogP) is 7.04. The van der Waals surface area contributed by atoms with E-state index in [0.29, 0.717) is 0 Å². The molecule has 3 aliphatic carbocycles. The maximum atomic E-state index is 2.81. The fourth-order valence-corrected chi connectivity index (χ4v) is 6.57. The average Bonchev–Trinajstić information content (AvgIpc) is 2.58. The molecule has 0 amide bonds. The summed E-state index contributed by atoms with van der Waals surface area (Å²) in [4.78, 5) is 0. The summed E-state index contributed by atoms with van der Waals surface area (Å²) >= 11 is 0. The summed E-state index contributed by atoms with van der Waals surface area (Å²) in [7, 11) is 1.15. The molecule has 0 bridgehead atoms. The van der Waals surface area contributed by atoms with Gasteiger partial charge in [-0.05, 0) is 56.0 Å². The summed E-state index contributed by atoms with van der Waals surface area (Å²) in [6.45, 7) is 0. The first kappa shape index (κ1) is 16.0. The molecule has 0 aliphatic heterocycles. The Labute approximate surface area is 134 Å². The highest BCUT2D eigenvalue weighted by Gasteiger charge is 2.26. The molecule has 21 heavy (non-hydrogen) atoms. The van der Waals surface area contributed by atoms with Crippen molar-refractivity contribution in [1.82, 2.24) is 0 Å². The fourth-order valence-electron chi connectivity index (χ4n) is 4.92. The molecule has 0 spiro atoms. The minimum Gasteiger partial charge on any atom is -0.0952 e. The summed E-state index contributed by atoms with van der Waals surface area (Å²) in [5.74, 6) is 4.78. The lowest BCUT2D eigenvalue weighted by molar-refractivity contribution is 0.327. The van der Waals surface area contributed by atoms with Crippen LogP contribution in [0.25, 0.3) is 0 Å². The van der Waals surface area contributed by atoms with E-state index >= 15 is 0 Å². The maximum absolute atomic E-state index is 2.81. The van der Waals surface area contributed by atoms with Crippen LogP contribution in [-0.4, -0.2) is 5.66 Å². The van der Waals surface area contributed by atoms with Crippen LogP contribution in [0.5, 0.6) is 0 Å². The SMILES string of the molecule is C(PC1CCCCC1)=C(C1CCCCC1)C1CCCCC1. The maximum Gasteiger partial charge on any atom is -0.0197 e. The lowest BCUT2D eigenvalue weighted by Gasteiger charge is -2.33. The van der Waals surface area contributed by atoms with E-state index in [2.05, 4.69) is 5.82 Å². The molecular weight excluding hydrogens is 271 g/mol. The Morgan fingerprint density at radius 2 is 1.00 bits per heavy atom. The van der Waals surface area contributed by atoms with Gasteiger partial charge in [-0.15, -0.1) is 0 Å². The van der Waals surface area contributed by atoms with Crippen LogP contribution in [0.1, 0.15) is 96.3 Å². The zero-order chi connectivity index (χ0) is 14.3. The van der Waals surface area contributed by atoms with Gasteiger partial charge in [-0.1, -0.05) is 77.8 Å². The number of hydrogen-bond donors (Lipinski definition) is 0. The highest BCUT2D eigenvalue weighted by atomic mass is 31.1. The first-order chi connectivity index (χ1) is 10.4. The molecule has 1 heteroatoms. The Bertz CT molecular complexity index is 295. The molecule has 1 unspecified atom stereocenters. The third-order valence-electron chi connectivity index (χ3n) is 6.24. The number of hydrogen-bond acceptors (Lipinski definition) is 0. The third kappa shape index (κ3) is 4.82. The molecule has 0 aromatic carbocycles. The Morgan fingerprint density at radius 3 is 1.48 bits per heavy atom. The molecule has 3 aliphatic rings. The minimum absolute atomic E-state index is 0.984. The van der Waals surface area contributed by atoms with Gasteiger partial charge in [0.25, 0.3) is 0 Å². The van der Waals surface area contributed by atoms with Gasteiger partial charge in [-0.3, -0.25) is 0 Å². The molecular formula is C20H35P. The van der Waals surface area contributed by atoms with E-state index in [0.717, 1.165) is 26.1 Å². The lowest BCUT2D eigenvalue weighted by atomic mass is 9.74. The molecule has 0 saturated heterocycles. The molecule has 3 saturated carbocycles. The van der Waals surface area contributed by atoms with Crippen molar-refractivity contribution < 1.29 is 0 Å². The second-order valence-corrected chi connectivity index (χ2v) is 9.25.